The van der Waals surface area contributed by atoms with E-state index in [4.69, 9.17) is 10.5 Å². The summed E-state index contributed by atoms with van der Waals surface area (Å²) >= 11 is 0. The van der Waals surface area contributed by atoms with Crippen molar-refractivity contribution in [2.75, 3.05) is 26.3 Å². The Hall–Kier alpha value is -2.73. The molecule has 2 aliphatic rings. The fourth-order valence-corrected chi connectivity index (χ4v) is 5.31. The summed E-state index contributed by atoms with van der Waals surface area (Å²) in [6.07, 6.45) is 4.26. The van der Waals surface area contributed by atoms with Gasteiger partial charge in [-0.05, 0) is 57.2 Å². The van der Waals surface area contributed by atoms with Crippen molar-refractivity contribution < 1.29 is 14.3 Å². The zero-order valence-electron chi connectivity index (χ0n) is 18.4. The molecule has 2 aromatic rings. The van der Waals surface area contributed by atoms with Gasteiger partial charge in [-0.25, -0.2) is 0 Å². The third-order valence-corrected chi connectivity index (χ3v) is 6.94. The predicted molar refractivity (Wildman–Crippen MR) is 119 cm³/mol. The van der Waals surface area contributed by atoms with E-state index in [2.05, 4.69) is 37.0 Å². The SMILES string of the molecule is Cc1cc(C)cc(C2(C(=O)N3CCC[C@@](C(N)=O)(c4ccccn4)C3)CCOCC2)c1. The molecule has 0 bridgehead atoms. The van der Waals surface area contributed by atoms with Gasteiger partial charge in [-0.15, -0.1) is 0 Å². The van der Waals surface area contributed by atoms with Crippen molar-refractivity contribution >= 4 is 11.8 Å². The molecule has 6 nitrogen and oxygen atoms in total. The maximum Gasteiger partial charge on any atom is 0.233 e. The highest BCUT2D eigenvalue weighted by Crippen LogP contribution is 2.40. The van der Waals surface area contributed by atoms with Gasteiger partial charge in [-0.2, -0.15) is 0 Å². The molecule has 2 aliphatic heterocycles. The lowest BCUT2D eigenvalue weighted by atomic mass is 9.70. The number of hydrogen-bond acceptors (Lipinski definition) is 4. The van der Waals surface area contributed by atoms with Gasteiger partial charge in [0, 0.05) is 32.5 Å². The van der Waals surface area contributed by atoms with Gasteiger partial charge in [0.1, 0.15) is 5.41 Å². The lowest BCUT2D eigenvalue weighted by molar-refractivity contribution is -0.145. The van der Waals surface area contributed by atoms with Gasteiger partial charge in [0.25, 0.3) is 0 Å². The van der Waals surface area contributed by atoms with Crippen molar-refractivity contribution in [2.45, 2.75) is 50.4 Å². The molecular formula is C25H31N3O3. The molecule has 2 fully saturated rings. The number of nitrogens with two attached hydrogens (primary N) is 1. The number of piperidine rings is 1. The van der Waals surface area contributed by atoms with E-state index in [9.17, 15) is 9.59 Å². The summed E-state index contributed by atoms with van der Waals surface area (Å²) < 4.78 is 5.64. The van der Waals surface area contributed by atoms with E-state index in [1.54, 1.807) is 6.20 Å². The molecular weight excluding hydrogens is 390 g/mol. The molecule has 1 aromatic carbocycles. The average Bonchev–Trinajstić information content (AvgIpc) is 2.79. The number of rotatable bonds is 4. The molecule has 31 heavy (non-hydrogen) atoms. The number of aromatic nitrogens is 1. The van der Waals surface area contributed by atoms with Crippen LogP contribution in [0.15, 0.2) is 42.6 Å². The largest absolute Gasteiger partial charge is 0.381 e. The highest BCUT2D eigenvalue weighted by molar-refractivity contribution is 5.91. The summed E-state index contributed by atoms with van der Waals surface area (Å²) in [6.45, 7) is 6.11. The van der Waals surface area contributed by atoms with Crippen molar-refractivity contribution in [2.24, 2.45) is 5.73 Å². The lowest BCUT2D eigenvalue weighted by Gasteiger charge is -2.45. The number of likely N-dealkylation sites (tertiary alicyclic amines) is 1. The Morgan fingerprint density at radius 2 is 1.74 bits per heavy atom. The molecule has 2 saturated heterocycles. The third-order valence-electron chi connectivity index (χ3n) is 6.94. The fourth-order valence-electron chi connectivity index (χ4n) is 5.31. The number of nitrogens with zero attached hydrogens (tertiary/aromatic N) is 2. The number of primary amides is 1. The highest BCUT2D eigenvalue weighted by Gasteiger charge is 2.50. The monoisotopic (exact) mass is 421 g/mol. The molecule has 1 atom stereocenters. The first kappa shape index (κ1) is 21.5. The molecule has 0 radical (unpaired) electrons. The van der Waals surface area contributed by atoms with Crippen LogP contribution in [-0.4, -0.2) is 48.0 Å². The van der Waals surface area contributed by atoms with E-state index < -0.39 is 16.7 Å². The molecule has 2 N–H and O–H groups in total. The van der Waals surface area contributed by atoms with Gasteiger partial charge < -0.3 is 15.4 Å². The van der Waals surface area contributed by atoms with Crippen molar-refractivity contribution in [1.29, 1.82) is 0 Å². The molecule has 0 saturated carbocycles. The standard InChI is InChI=1S/C25H31N3O3/c1-18-14-19(2)16-20(15-18)24(8-12-31-13-9-24)23(30)28-11-5-7-25(17-28,22(26)29)21-6-3-4-10-27-21/h3-4,6,10,14-16H,5,7-9,11-13,17H2,1-2H3,(H2,26,29)/t25-/m0/s1. The van der Waals surface area contributed by atoms with E-state index in [-0.39, 0.29) is 12.5 Å². The number of amides is 2. The van der Waals surface area contributed by atoms with Crippen LogP contribution < -0.4 is 5.73 Å². The minimum absolute atomic E-state index is 0.0713. The Bertz CT molecular complexity index is 949. The van der Waals surface area contributed by atoms with Crippen LogP contribution in [0.5, 0.6) is 0 Å². The van der Waals surface area contributed by atoms with Gasteiger partial charge in [0.05, 0.1) is 11.1 Å². The number of carbonyl (C=O) groups excluding carboxylic acids is 2. The summed E-state index contributed by atoms with van der Waals surface area (Å²) in [5, 5.41) is 0. The van der Waals surface area contributed by atoms with E-state index >= 15 is 0 Å². The van der Waals surface area contributed by atoms with Crippen molar-refractivity contribution in [3.8, 4) is 0 Å². The van der Waals surface area contributed by atoms with Gasteiger partial charge in [-0.3, -0.25) is 14.6 Å². The number of pyridine rings is 1. The van der Waals surface area contributed by atoms with Crippen molar-refractivity contribution in [1.82, 2.24) is 9.88 Å². The number of hydrogen-bond donors (Lipinski definition) is 1. The van der Waals surface area contributed by atoms with Crippen LogP contribution in [0.4, 0.5) is 0 Å². The molecule has 3 heterocycles. The maximum absolute atomic E-state index is 14.1. The minimum Gasteiger partial charge on any atom is -0.381 e. The topological polar surface area (TPSA) is 85.5 Å². The van der Waals surface area contributed by atoms with Crippen LogP contribution in [0, 0.1) is 13.8 Å². The number of aryl methyl sites for hydroxylation is 2. The van der Waals surface area contributed by atoms with Gasteiger partial charge in [0.2, 0.25) is 11.8 Å². The quantitative estimate of drug-likeness (QED) is 0.823. The Morgan fingerprint density at radius 1 is 1.03 bits per heavy atom. The molecule has 1 aromatic heterocycles. The second kappa shape index (κ2) is 8.42. The summed E-state index contributed by atoms with van der Waals surface area (Å²) in [5.41, 5.74) is 8.31. The predicted octanol–water partition coefficient (Wildman–Crippen LogP) is 2.79. The van der Waals surface area contributed by atoms with Crippen LogP contribution in [0.1, 0.15) is 48.1 Å². The van der Waals surface area contributed by atoms with Gasteiger partial charge in [0.15, 0.2) is 0 Å². The number of carbonyl (C=O) groups is 2. The van der Waals surface area contributed by atoms with Crippen LogP contribution in [0.25, 0.3) is 0 Å². The Balaban J connectivity index is 1.73. The first-order valence-electron chi connectivity index (χ1n) is 11.0. The Kier molecular flexibility index (Phi) is 5.84. The summed E-state index contributed by atoms with van der Waals surface area (Å²) in [4.78, 5) is 33.1. The number of ether oxygens (including phenoxy) is 1. The first-order valence-corrected chi connectivity index (χ1v) is 11.0. The van der Waals surface area contributed by atoms with Crippen LogP contribution in [0.2, 0.25) is 0 Å². The zero-order valence-corrected chi connectivity index (χ0v) is 18.4. The average molecular weight is 422 g/mol. The fraction of sp³-hybridized carbons (Fsp3) is 0.480. The van der Waals surface area contributed by atoms with E-state index in [1.807, 2.05) is 23.1 Å². The minimum atomic E-state index is -0.954. The van der Waals surface area contributed by atoms with Crippen LogP contribution in [0.3, 0.4) is 0 Å². The van der Waals surface area contributed by atoms with Crippen molar-refractivity contribution in [3.05, 3.63) is 65.0 Å². The molecule has 2 amide bonds. The van der Waals surface area contributed by atoms with Crippen molar-refractivity contribution in [3.63, 3.8) is 0 Å². The molecule has 164 valence electrons. The normalized spacial score (nSPS) is 23.4. The smallest absolute Gasteiger partial charge is 0.233 e. The van der Waals surface area contributed by atoms with E-state index in [0.717, 1.165) is 16.7 Å². The zero-order chi connectivity index (χ0) is 22.1. The maximum atomic E-state index is 14.1. The Morgan fingerprint density at radius 3 is 2.35 bits per heavy atom. The van der Waals surface area contributed by atoms with Crippen LogP contribution >= 0.6 is 0 Å². The second-order valence-corrected chi connectivity index (χ2v) is 9.06. The summed E-state index contributed by atoms with van der Waals surface area (Å²) in [6, 6.07) is 11.9. The summed E-state index contributed by atoms with van der Waals surface area (Å²) in [5.74, 6) is -0.349. The second-order valence-electron chi connectivity index (χ2n) is 9.06. The Labute approximate surface area is 183 Å². The molecule has 0 aliphatic carbocycles. The van der Waals surface area contributed by atoms with E-state index in [1.165, 1.54) is 0 Å². The first-order chi connectivity index (χ1) is 14.9. The molecule has 0 spiro atoms. The third kappa shape index (κ3) is 3.85. The number of benzene rings is 1. The van der Waals surface area contributed by atoms with Gasteiger partial charge >= 0.3 is 0 Å². The van der Waals surface area contributed by atoms with Crippen LogP contribution in [-0.2, 0) is 25.2 Å². The van der Waals surface area contributed by atoms with E-state index in [0.29, 0.717) is 51.1 Å². The van der Waals surface area contributed by atoms with Gasteiger partial charge in [-0.1, -0.05) is 35.4 Å². The molecule has 0 unspecified atom stereocenters. The molecule has 6 heteroatoms. The molecule has 4 rings (SSSR count). The lowest BCUT2D eigenvalue weighted by Crippen LogP contribution is -2.59. The summed E-state index contributed by atoms with van der Waals surface area (Å²) in [7, 11) is 0. The highest BCUT2D eigenvalue weighted by atomic mass is 16.5.